The minimum Gasteiger partial charge on any atom is -0.391 e. The lowest BCUT2D eigenvalue weighted by Crippen LogP contribution is -2.36. The van der Waals surface area contributed by atoms with Crippen LogP contribution in [0.4, 0.5) is 0 Å². The van der Waals surface area contributed by atoms with Crippen LogP contribution in [-0.2, 0) is 24.3 Å². The molecule has 1 amide bonds. The molecule has 7 nitrogen and oxygen atoms in total. The van der Waals surface area contributed by atoms with Crippen molar-refractivity contribution in [1.82, 2.24) is 19.2 Å². The Bertz CT molecular complexity index is 562. The quantitative estimate of drug-likeness (QED) is 0.782. The van der Waals surface area contributed by atoms with Gasteiger partial charge < -0.3 is 10.0 Å². The van der Waals surface area contributed by atoms with Crippen molar-refractivity contribution in [2.24, 2.45) is 0 Å². The Balaban J connectivity index is 1.75. The summed E-state index contributed by atoms with van der Waals surface area (Å²) in [6.07, 6.45) is 4.13. The zero-order valence-corrected chi connectivity index (χ0v) is 11.5. The predicted octanol–water partition coefficient (Wildman–Crippen LogP) is -0.636. The number of carbonyl (C=O) groups excluding carboxylic acids is 1. The first-order valence-corrected chi connectivity index (χ1v) is 7.27. The van der Waals surface area contributed by atoms with Crippen molar-refractivity contribution in [2.75, 3.05) is 13.1 Å². The van der Waals surface area contributed by atoms with Crippen LogP contribution in [-0.4, -0.2) is 49.5 Å². The molecule has 1 saturated heterocycles. The topological polar surface area (TPSA) is 80.4 Å². The lowest BCUT2D eigenvalue weighted by atomic mass is 10.2. The SMILES string of the molecule is O=C(Cn1nc2n(c1=O)CCCCC2)N1CC[C@@H](O)C1. The maximum absolute atomic E-state index is 12.2. The van der Waals surface area contributed by atoms with Gasteiger partial charge in [-0.2, -0.15) is 5.10 Å². The average molecular weight is 280 g/mol. The monoisotopic (exact) mass is 280 g/mol. The Labute approximate surface area is 116 Å². The highest BCUT2D eigenvalue weighted by Gasteiger charge is 2.26. The van der Waals surface area contributed by atoms with Gasteiger partial charge >= 0.3 is 5.69 Å². The molecule has 0 radical (unpaired) electrons. The third-order valence-corrected chi connectivity index (χ3v) is 4.08. The minimum atomic E-state index is -0.436. The number of hydrogen-bond acceptors (Lipinski definition) is 4. The molecular weight excluding hydrogens is 260 g/mol. The lowest BCUT2D eigenvalue weighted by molar-refractivity contribution is -0.131. The van der Waals surface area contributed by atoms with E-state index in [0.717, 1.165) is 31.5 Å². The van der Waals surface area contributed by atoms with Crippen LogP contribution in [0.15, 0.2) is 4.79 Å². The van der Waals surface area contributed by atoms with E-state index in [4.69, 9.17) is 0 Å². The van der Waals surface area contributed by atoms with Crippen LogP contribution < -0.4 is 5.69 Å². The third kappa shape index (κ3) is 2.49. The van der Waals surface area contributed by atoms with E-state index in [1.54, 1.807) is 9.47 Å². The van der Waals surface area contributed by atoms with Crippen molar-refractivity contribution in [3.05, 3.63) is 16.3 Å². The van der Waals surface area contributed by atoms with Gasteiger partial charge in [-0.05, 0) is 19.3 Å². The predicted molar refractivity (Wildman–Crippen MR) is 71.2 cm³/mol. The van der Waals surface area contributed by atoms with Crippen LogP contribution in [0.5, 0.6) is 0 Å². The fourth-order valence-electron chi connectivity index (χ4n) is 2.92. The highest BCUT2D eigenvalue weighted by Crippen LogP contribution is 2.11. The van der Waals surface area contributed by atoms with Gasteiger partial charge in [0.15, 0.2) is 0 Å². The van der Waals surface area contributed by atoms with Gasteiger partial charge in [-0.15, -0.1) is 0 Å². The van der Waals surface area contributed by atoms with E-state index in [-0.39, 0.29) is 18.1 Å². The molecule has 0 bridgehead atoms. The second-order valence-corrected chi connectivity index (χ2v) is 5.60. The Morgan fingerprint density at radius 1 is 1.30 bits per heavy atom. The number of aliphatic hydroxyl groups is 1. The number of aryl methyl sites for hydroxylation is 1. The van der Waals surface area contributed by atoms with E-state index >= 15 is 0 Å². The maximum Gasteiger partial charge on any atom is 0.346 e. The number of likely N-dealkylation sites (tertiary alicyclic amines) is 1. The number of hydrogen-bond donors (Lipinski definition) is 1. The lowest BCUT2D eigenvalue weighted by Gasteiger charge is -2.14. The minimum absolute atomic E-state index is 0.0223. The molecule has 0 spiro atoms. The second-order valence-electron chi connectivity index (χ2n) is 5.60. The first-order valence-electron chi connectivity index (χ1n) is 7.27. The summed E-state index contributed by atoms with van der Waals surface area (Å²) in [5.41, 5.74) is -0.185. The molecule has 1 N–H and O–H groups in total. The number of aromatic nitrogens is 3. The zero-order chi connectivity index (χ0) is 14.1. The van der Waals surface area contributed by atoms with Crippen LogP contribution in [0.1, 0.15) is 31.5 Å². The molecule has 3 heterocycles. The molecule has 3 rings (SSSR count). The Kier molecular flexibility index (Phi) is 3.60. The Hall–Kier alpha value is -1.63. The largest absolute Gasteiger partial charge is 0.391 e. The zero-order valence-electron chi connectivity index (χ0n) is 11.5. The fraction of sp³-hybridized carbons (Fsp3) is 0.769. The van der Waals surface area contributed by atoms with Gasteiger partial charge in [0, 0.05) is 26.1 Å². The van der Waals surface area contributed by atoms with E-state index in [0.29, 0.717) is 26.1 Å². The van der Waals surface area contributed by atoms with Crippen LogP contribution in [0, 0.1) is 0 Å². The smallest absolute Gasteiger partial charge is 0.346 e. The highest BCUT2D eigenvalue weighted by atomic mass is 16.3. The van der Waals surface area contributed by atoms with Crippen molar-refractivity contribution >= 4 is 5.91 Å². The second kappa shape index (κ2) is 5.40. The highest BCUT2D eigenvalue weighted by molar-refractivity contribution is 5.76. The molecule has 0 unspecified atom stereocenters. The summed E-state index contributed by atoms with van der Waals surface area (Å²) < 4.78 is 2.97. The van der Waals surface area contributed by atoms with Crippen LogP contribution >= 0.6 is 0 Å². The van der Waals surface area contributed by atoms with Gasteiger partial charge in [-0.3, -0.25) is 9.36 Å². The van der Waals surface area contributed by atoms with E-state index in [1.807, 2.05) is 0 Å². The number of carbonyl (C=O) groups is 1. The standard InChI is InChI=1S/C13H20N4O3/c18-10-5-7-15(8-10)12(19)9-17-13(20)16-6-3-1-2-4-11(16)14-17/h10,18H,1-9H2/t10-/m1/s1. The molecule has 2 aliphatic heterocycles. The van der Waals surface area contributed by atoms with E-state index in [2.05, 4.69) is 5.10 Å². The number of β-amino-alcohol motifs (C(OH)–C–C–N with tert-alkyl or cyclic N) is 1. The van der Waals surface area contributed by atoms with Crippen molar-refractivity contribution in [3.63, 3.8) is 0 Å². The molecule has 1 atom stereocenters. The van der Waals surface area contributed by atoms with Crippen molar-refractivity contribution < 1.29 is 9.90 Å². The van der Waals surface area contributed by atoms with E-state index in [9.17, 15) is 14.7 Å². The third-order valence-electron chi connectivity index (χ3n) is 4.08. The molecule has 20 heavy (non-hydrogen) atoms. The molecule has 110 valence electrons. The van der Waals surface area contributed by atoms with Crippen molar-refractivity contribution in [1.29, 1.82) is 0 Å². The van der Waals surface area contributed by atoms with Gasteiger partial charge in [-0.25, -0.2) is 9.48 Å². The molecule has 2 aliphatic rings. The number of aliphatic hydroxyl groups excluding tert-OH is 1. The van der Waals surface area contributed by atoms with Gasteiger partial charge in [0.25, 0.3) is 0 Å². The van der Waals surface area contributed by atoms with Gasteiger partial charge in [0.2, 0.25) is 5.91 Å². The first-order chi connectivity index (χ1) is 9.65. The summed E-state index contributed by atoms with van der Waals surface area (Å²) in [7, 11) is 0. The normalized spacial score (nSPS) is 22.6. The van der Waals surface area contributed by atoms with Crippen molar-refractivity contribution in [2.45, 2.75) is 51.3 Å². The molecule has 1 aromatic rings. The average Bonchev–Trinajstić information content (AvgIpc) is 2.88. The molecular formula is C13H20N4O3. The van der Waals surface area contributed by atoms with Gasteiger partial charge in [0.1, 0.15) is 12.4 Å². The van der Waals surface area contributed by atoms with Crippen LogP contribution in [0.3, 0.4) is 0 Å². The molecule has 7 heteroatoms. The van der Waals surface area contributed by atoms with E-state index in [1.165, 1.54) is 4.68 Å². The molecule has 1 fully saturated rings. The number of nitrogens with zero attached hydrogens (tertiary/aromatic N) is 4. The number of rotatable bonds is 2. The van der Waals surface area contributed by atoms with Crippen LogP contribution in [0.25, 0.3) is 0 Å². The Morgan fingerprint density at radius 3 is 2.90 bits per heavy atom. The molecule has 0 aliphatic carbocycles. The summed E-state index contributed by atoms with van der Waals surface area (Å²) in [6.45, 7) is 1.60. The summed E-state index contributed by atoms with van der Waals surface area (Å²) in [4.78, 5) is 25.9. The summed E-state index contributed by atoms with van der Waals surface area (Å²) in [5, 5.41) is 13.7. The maximum atomic E-state index is 12.2. The molecule has 1 aromatic heterocycles. The van der Waals surface area contributed by atoms with Crippen molar-refractivity contribution in [3.8, 4) is 0 Å². The number of amides is 1. The van der Waals surface area contributed by atoms with E-state index < -0.39 is 6.10 Å². The van der Waals surface area contributed by atoms with Crippen LogP contribution in [0.2, 0.25) is 0 Å². The first kappa shape index (κ1) is 13.4. The molecule has 0 aromatic carbocycles. The number of fused-ring (bicyclic) bond motifs is 1. The fourth-order valence-corrected chi connectivity index (χ4v) is 2.92. The summed E-state index contributed by atoms with van der Waals surface area (Å²) >= 11 is 0. The Morgan fingerprint density at radius 2 is 2.15 bits per heavy atom. The summed E-state index contributed by atoms with van der Waals surface area (Å²) in [6, 6.07) is 0. The van der Waals surface area contributed by atoms with Gasteiger partial charge in [0.05, 0.1) is 6.10 Å². The van der Waals surface area contributed by atoms with Gasteiger partial charge in [-0.1, -0.05) is 6.42 Å². The molecule has 0 saturated carbocycles. The summed E-state index contributed by atoms with van der Waals surface area (Å²) in [5.74, 6) is 0.652.